The van der Waals surface area contributed by atoms with Crippen LogP contribution in [0.2, 0.25) is 25.7 Å². The lowest BCUT2D eigenvalue weighted by Crippen LogP contribution is -2.19. The highest BCUT2D eigenvalue weighted by Crippen LogP contribution is 2.44. The molecule has 166 valence electrons. The predicted molar refractivity (Wildman–Crippen MR) is 130 cm³/mol. The lowest BCUT2D eigenvalue weighted by atomic mass is 9.93. The van der Waals surface area contributed by atoms with Gasteiger partial charge in [-0.3, -0.25) is 4.68 Å². The molecular weight excluding hydrogens is 398 g/mol. The molecule has 3 aromatic heterocycles. The Kier molecular flexibility index (Phi) is 5.76. The van der Waals surface area contributed by atoms with Crippen LogP contribution in [-0.2, 0) is 6.54 Å². The third-order valence-corrected chi connectivity index (χ3v) is 9.17. The molecule has 1 atom stereocenters. The number of nitrogens with zero attached hydrogens (tertiary/aromatic N) is 5. The monoisotopic (exact) mass is 435 g/mol. The fourth-order valence-corrected chi connectivity index (χ4v) is 6.61. The van der Waals surface area contributed by atoms with Crippen LogP contribution in [0, 0.1) is 11.8 Å². The van der Waals surface area contributed by atoms with Crippen LogP contribution in [0.15, 0.2) is 31.0 Å². The molecule has 31 heavy (non-hydrogen) atoms. The van der Waals surface area contributed by atoms with Gasteiger partial charge in [-0.2, -0.15) is 5.10 Å². The zero-order chi connectivity index (χ0) is 21.4. The third-order valence-electron chi connectivity index (χ3n) is 7.31. The van der Waals surface area contributed by atoms with E-state index in [0.29, 0.717) is 6.04 Å². The molecule has 5 nitrogen and oxygen atoms in total. The minimum atomic E-state index is -1.01. The summed E-state index contributed by atoms with van der Waals surface area (Å²) in [5.74, 6) is 1.72. The first-order valence-electron chi connectivity index (χ1n) is 12.3. The van der Waals surface area contributed by atoms with Gasteiger partial charge < -0.3 is 4.57 Å². The Labute approximate surface area is 187 Å². The number of fused-ring (bicyclic) bond motifs is 1. The van der Waals surface area contributed by atoms with E-state index in [-0.39, 0.29) is 0 Å². The van der Waals surface area contributed by atoms with Crippen molar-refractivity contribution in [3.63, 3.8) is 0 Å². The van der Waals surface area contributed by atoms with Crippen molar-refractivity contribution in [2.24, 2.45) is 11.8 Å². The van der Waals surface area contributed by atoms with Crippen molar-refractivity contribution >= 4 is 19.1 Å². The van der Waals surface area contributed by atoms with Gasteiger partial charge in [-0.15, -0.1) is 0 Å². The van der Waals surface area contributed by atoms with E-state index < -0.39 is 8.07 Å². The maximum Gasteiger partial charge on any atom is 0.143 e. The van der Waals surface area contributed by atoms with Gasteiger partial charge in [-0.25, -0.2) is 9.97 Å². The molecule has 0 aliphatic heterocycles. The fraction of sp³-hybridized carbons (Fsp3) is 0.640. The van der Waals surface area contributed by atoms with E-state index in [0.717, 1.165) is 40.7 Å². The topological polar surface area (TPSA) is 48.5 Å². The maximum absolute atomic E-state index is 4.86. The summed E-state index contributed by atoms with van der Waals surface area (Å²) in [5.41, 5.74) is 3.21. The summed E-state index contributed by atoms with van der Waals surface area (Å²) >= 11 is 0. The molecule has 0 saturated heterocycles. The average molecular weight is 436 g/mol. The van der Waals surface area contributed by atoms with Crippen molar-refractivity contribution in [1.29, 1.82) is 0 Å². The average Bonchev–Trinajstić information content (AvgIpc) is 3.16. The van der Waals surface area contributed by atoms with Gasteiger partial charge in [0.05, 0.1) is 17.9 Å². The van der Waals surface area contributed by atoms with Gasteiger partial charge >= 0.3 is 0 Å². The molecule has 5 rings (SSSR count). The number of aryl methyl sites for hydroxylation is 1. The minimum absolute atomic E-state index is 0.562. The largest absolute Gasteiger partial charge is 0.332 e. The van der Waals surface area contributed by atoms with Crippen molar-refractivity contribution < 1.29 is 0 Å². The normalized spacial score (nSPS) is 18.8. The molecule has 3 aromatic rings. The molecule has 0 radical (unpaired) electrons. The molecule has 3 heterocycles. The van der Waals surface area contributed by atoms with E-state index in [9.17, 15) is 0 Å². The lowest BCUT2D eigenvalue weighted by Gasteiger charge is -2.24. The Hall–Kier alpha value is -1.95. The molecule has 0 bridgehead atoms. The molecule has 1 unspecified atom stereocenters. The minimum Gasteiger partial charge on any atom is -0.332 e. The summed E-state index contributed by atoms with van der Waals surface area (Å²) in [6.07, 6.45) is 19.1. The Morgan fingerprint density at radius 2 is 1.90 bits per heavy atom. The van der Waals surface area contributed by atoms with Gasteiger partial charge in [0.25, 0.3) is 0 Å². The van der Waals surface area contributed by atoms with Crippen LogP contribution in [0.3, 0.4) is 0 Å². The number of hydrogen-bond donors (Lipinski definition) is 0. The summed E-state index contributed by atoms with van der Waals surface area (Å²) in [4.78, 5) is 9.31. The highest BCUT2D eigenvalue weighted by atomic mass is 28.3. The zero-order valence-corrected chi connectivity index (χ0v) is 20.4. The molecule has 0 aromatic carbocycles. The summed E-state index contributed by atoms with van der Waals surface area (Å²) in [7, 11) is -1.01. The maximum atomic E-state index is 4.86. The van der Waals surface area contributed by atoms with Crippen LogP contribution in [-0.4, -0.2) is 32.4 Å². The van der Waals surface area contributed by atoms with Gasteiger partial charge in [0.15, 0.2) is 0 Å². The molecule has 0 spiro atoms. The second-order valence-electron chi connectivity index (χ2n) is 11.1. The van der Waals surface area contributed by atoms with Gasteiger partial charge in [0.1, 0.15) is 12.0 Å². The molecular formula is C25H37N5Si. The van der Waals surface area contributed by atoms with Crippen molar-refractivity contribution in [3.05, 3.63) is 31.0 Å². The van der Waals surface area contributed by atoms with Gasteiger partial charge in [0.2, 0.25) is 0 Å². The third kappa shape index (κ3) is 4.79. The van der Waals surface area contributed by atoms with E-state index in [2.05, 4.69) is 57.3 Å². The molecule has 2 saturated carbocycles. The van der Waals surface area contributed by atoms with Crippen molar-refractivity contribution in [2.45, 2.75) is 89.6 Å². The molecule has 2 aliphatic carbocycles. The Bertz CT molecular complexity index is 1020. The Morgan fingerprint density at radius 3 is 2.65 bits per heavy atom. The van der Waals surface area contributed by atoms with Crippen molar-refractivity contribution in [1.82, 2.24) is 24.3 Å². The predicted octanol–water partition coefficient (Wildman–Crippen LogP) is 6.55. The zero-order valence-electron chi connectivity index (χ0n) is 19.4. The lowest BCUT2D eigenvalue weighted by molar-refractivity contribution is 0.281. The number of rotatable bonds is 9. The van der Waals surface area contributed by atoms with Crippen LogP contribution in [0.5, 0.6) is 0 Å². The number of aromatic nitrogens is 5. The smallest absolute Gasteiger partial charge is 0.143 e. The number of hydrogen-bond acceptors (Lipinski definition) is 3. The second kappa shape index (κ2) is 8.53. The Balaban J connectivity index is 1.39. The van der Waals surface area contributed by atoms with Crippen molar-refractivity contribution in [2.75, 3.05) is 0 Å². The van der Waals surface area contributed by atoms with E-state index in [1.807, 2.05) is 6.20 Å². The SMILES string of the molecule is C[Si](C)(C)CCCn1ccc2c(-c3cnn(C(CC4CC4)C4CCCC4)c3)ncnc21. The first kappa shape index (κ1) is 20.9. The van der Waals surface area contributed by atoms with Crippen LogP contribution < -0.4 is 0 Å². The standard InChI is InChI=1S/C25H37N5Si/c1-31(2,3)14-6-12-29-13-11-22-24(26-18-27-25(22)29)21-16-28-30(17-21)23(15-19-9-10-19)20-7-4-5-8-20/h11,13,16-20,23H,4-10,12,14-15H2,1-3H3. The summed E-state index contributed by atoms with van der Waals surface area (Å²) in [5, 5.41) is 6.01. The van der Waals surface area contributed by atoms with E-state index in [1.165, 1.54) is 57.4 Å². The summed E-state index contributed by atoms with van der Waals surface area (Å²) in [6, 6.07) is 4.10. The van der Waals surface area contributed by atoms with Crippen LogP contribution >= 0.6 is 0 Å². The van der Waals surface area contributed by atoms with Gasteiger partial charge in [-0.1, -0.05) is 51.4 Å². The molecule has 0 N–H and O–H groups in total. The van der Waals surface area contributed by atoms with Crippen LogP contribution in [0.4, 0.5) is 0 Å². The highest BCUT2D eigenvalue weighted by Gasteiger charge is 2.33. The second-order valence-corrected chi connectivity index (χ2v) is 16.8. The molecule has 2 fully saturated rings. The Morgan fingerprint density at radius 1 is 1.10 bits per heavy atom. The summed E-state index contributed by atoms with van der Waals surface area (Å²) in [6.45, 7) is 8.37. The van der Waals surface area contributed by atoms with Crippen LogP contribution in [0.25, 0.3) is 22.3 Å². The van der Waals surface area contributed by atoms with E-state index >= 15 is 0 Å². The van der Waals surface area contributed by atoms with Crippen LogP contribution in [0.1, 0.15) is 57.4 Å². The van der Waals surface area contributed by atoms with Crippen molar-refractivity contribution in [3.8, 4) is 11.3 Å². The molecule has 0 amide bonds. The molecule has 6 heteroatoms. The quantitative estimate of drug-likeness (QED) is 0.358. The van der Waals surface area contributed by atoms with Gasteiger partial charge in [0, 0.05) is 38.0 Å². The summed E-state index contributed by atoms with van der Waals surface area (Å²) < 4.78 is 4.59. The fourth-order valence-electron chi connectivity index (χ4n) is 5.39. The first-order chi connectivity index (χ1) is 15.0. The van der Waals surface area contributed by atoms with Gasteiger partial charge in [-0.05, 0) is 43.6 Å². The van der Waals surface area contributed by atoms with E-state index in [4.69, 9.17) is 5.10 Å². The first-order valence-corrected chi connectivity index (χ1v) is 16.0. The molecule has 2 aliphatic rings. The van der Waals surface area contributed by atoms with E-state index in [1.54, 1.807) is 6.33 Å². The highest BCUT2D eigenvalue weighted by molar-refractivity contribution is 6.76.